The van der Waals surface area contributed by atoms with Crippen molar-refractivity contribution in [1.29, 1.82) is 0 Å². The predicted molar refractivity (Wildman–Crippen MR) is 104 cm³/mol. The summed E-state index contributed by atoms with van der Waals surface area (Å²) in [5.41, 5.74) is 2.05. The van der Waals surface area contributed by atoms with E-state index in [0.29, 0.717) is 36.4 Å². The van der Waals surface area contributed by atoms with E-state index in [-0.39, 0.29) is 24.3 Å². The van der Waals surface area contributed by atoms with Crippen molar-refractivity contribution in [3.8, 4) is 0 Å². The Morgan fingerprint density at radius 2 is 1.68 bits per heavy atom. The van der Waals surface area contributed by atoms with Gasteiger partial charge in [0.15, 0.2) is 0 Å². The Hall–Kier alpha value is -3.03. The molecule has 3 amide bonds. The van der Waals surface area contributed by atoms with E-state index in [9.17, 15) is 14.4 Å². The molecular weight excluding hydrogens is 358 g/mol. The molecule has 0 fully saturated rings. The van der Waals surface area contributed by atoms with Crippen LogP contribution in [0.3, 0.4) is 0 Å². The molecule has 28 heavy (non-hydrogen) atoms. The van der Waals surface area contributed by atoms with E-state index in [4.69, 9.17) is 4.74 Å². The van der Waals surface area contributed by atoms with Gasteiger partial charge in [0.2, 0.25) is 0 Å². The number of carbonyl (C=O) groups excluding carboxylic acids is 3. The molecule has 0 saturated heterocycles. The number of amides is 3. The Morgan fingerprint density at radius 1 is 0.964 bits per heavy atom. The number of ether oxygens (including phenoxy) is 1. The Morgan fingerprint density at radius 3 is 2.36 bits per heavy atom. The van der Waals surface area contributed by atoms with Crippen molar-refractivity contribution in [2.45, 2.75) is 6.54 Å². The summed E-state index contributed by atoms with van der Waals surface area (Å²) in [5, 5.41) is 5.99. The van der Waals surface area contributed by atoms with Crippen LogP contribution in [0.1, 0.15) is 36.6 Å². The van der Waals surface area contributed by atoms with E-state index in [2.05, 4.69) is 10.6 Å². The molecule has 0 saturated carbocycles. The van der Waals surface area contributed by atoms with Gasteiger partial charge in [-0.05, 0) is 29.8 Å². The van der Waals surface area contributed by atoms with E-state index in [1.807, 2.05) is 0 Å². The zero-order valence-corrected chi connectivity index (χ0v) is 15.7. The minimum absolute atomic E-state index is 0.131. The fourth-order valence-corrected chi connectivity index (χ4v) is 3.04. The van der Waals surface area contributed by atoms with Gasteiger partial charge in [0.05, 0.1) is 24.3 Å². The van der Waals surface area contributed by atoms with Gasteiger partial charge < -0.3 is 15.4 Å². The molecule has 1 heterocycles. The third kappa shape index (κ3) is 4.44. The molecule has 7 nitrogen and oxygen atoms in total. The molecule has 0 aliphatic carbocycles. The molecule has 2 aromatic rings. The first-order valence-electron chi connectivity index (χ1n) is 9.14. The van der Waals surface area contributed by atoms with Gasteiger partial charge in [-0.15, -0.1) is 0 Å². The lowest BCUT2D eigenvalue weighted by molar-refractivity contribution is 0.0642. The number of rotatable bonds is 9. The van der Waals surface area contributed by atoms with Crippen molar-refractivity contribution in [2.75, 3.05) is 33.4 Å². The van der Waals surface area contributed by atoms with Crippen LogP contribution >= 0.6 is 0 Å². The molecule has 2 aromatic carbocycles. The molecule has 146 valence electrons. The molecule has 0 atom stereocenters. The van der Waals surface area contributed by atoms with Gasteiger partial charge in [0.1, 0.15) is 0 Å². The number of hydrogen-bond acceptors (Lipinski definition) is 5. The number of hydrogen-bond donors (Lipinski definition) is 2. The van der Waals surface area contributed by atoms with Crippen molar-refractivity contribution >= 4 is 17.7 Å². The highest BCUT2D eigenvalue weighted by Gasteiger charge is 2.34. The van der Waals surface area contributed by atoms with E-state index >= 15 is 0 Å². The standard InChI is InChI=1S/C21H23N3O4/c1-28-12-11-22-9-10-23-19(25)16-6-4-5-15(13-16)14-24-20(26)17-7-2-3-8-18(17)21(24)27/h2-8,13,22H,9-12,14H2,1H3,(H,23,25). The number of methoxy groups -OCH3 is 1. The first kappa shape index (κ1) is 19.7. The van der Waals surface area contributed by atoms with E-state index in [0.717, 1.165) is 12.1 Å². The van der Waals surface area contributed by atoms with Crippen LogP contribution in [0.5, 0.6) is 0 Å². The highest BCUT2D eigenvalue weighted by Crippen LogP contribution is 2.24. The highest BCUT2D eigenvalue weighted by molar-refractivity contribution is 6.21. The molecule has 7 heteroatoms. The number of nitrogens with zero attached hydrogens (tertiary/aromatic N) is 1. The largest absolute Gasteiger partial charge is 0.383 e. The molecule has 2 N–H and O–H groups in total. The van der Waals surface area contributed by atoms with Crippen LogP contribution in [0.2, 0.25) is 0 Å². The highest BCUT2D eigenvalue weighted by atomic mass is 16.5. The molecule has 1 aliphatic heterocycles. The van der Waals surface area contributed by atoms with Crippen molar-refractivity contribution in [1.82, 2.24) is 15.5 Å². The summed E-state index contributed by atoms with van der Waals surface area (Å²) in [6.45, 7) is 2.61. The first-order chi connectivity index (χ1) is 13.6. The SMILES string of the molecule is COCCNCCNC(=O)c1cccc(CN2C(=O)c3ccccc3C2=O)c1. The topological polar surface area (TPSA) is 87.7 Å². The predicted octanol–water partition coefficient (Wildman–Crippen LogP) is 1.45. The third-order valence-electron chi connectivity index (χ3n) is 4.48. The van der Waals surface area contributed by atoms with Gasteiger partial charge in [0.25, 0.3) is 17.7 Å². The quantitative estimate of drug-likeness (QED) is 0.507. The maximum absolute atomic E-state index is 12.5. The second-order valence-electron chi connectivity index (χ2n) is 6.44. The van der Waals surface area contributed by atoms with Crippen LogP contribution in [0.15, 0.2) is 48.5 Å². The van der Waals surface area contributed by atoms with Crippen molar-refractivity contribution in [2.24, 2.45) is 0 Å². The third-order valence-corrected chi connectivity index (χ3v) is 4.48. The lowest BCUT2D eigenvalue weighted by Gasteiger charge is -2.14. The fraction of sp³-hybridized carbons (Fsp3) is 0.286. The molecule has 1 aliphatic rings. The monoisotopic (exact) mass is 381 g/mol. The second-order valence-corrected chi connectivity index (χ2v) is 6.44. The first-order valence-corrected chi connectivity index (χ1v) is 9.14. The molecule has 0 unspecified atom stereocenters. The molecule has 0 radical (unpaired) electrons. The Kier molecular flexibility index (Phi) is 6.52. The van der Waals surface area contributed by atoms with Crippen LogP contribution in [0, 0.1) is 0 Å². The fourth-order valence-electron chi connectivity index (χ4n) is 3.04. The Labute approximate surface area is 163 Å². The van der Waals surface area contributed by atoms with Crippen molar-refractivity contribution in [3.05, 3.63) is 70.8 Å². The summed E-state index contributed by atoms with van der Waals surface area (Å²) >= 11 is 0. The van der Waals surface area contributed by atoms with Crippen LogP contribution in [0.25, 0.3) is 0 Å². The van der Waals surface area contributed by atoms with Crippen molar-refractivity contribution < 1.29 is 19.1 Å². The zero-order valence-electron chi connectivity index (χ0n) is 15.7. The summed E-state index contributed by atoms with van der Waals surface area (Å²) in [4.78, 5) is 38.5. The minimum Gasteiger partial charge on any atom is -0.383 e. The van der Waals surface area contributed by atoms with E-state index in [1.54, 1.807) is 55.6 Å². The van der Waals surface area contributed by atoms with Crippen LogP contribution in [-0.4, -0.2) is 56.0 Å². The Balaban J connectivity index is 1.59. The Bertz CT molecular complexity index is 846. The van der Waals surface area contributed by atoms with Crippen LogP contribution < -0.4 is 10.6 Å². The molecule has 3 rings (SSSR count). The second kappa shape index (κ2) is 9.25. The summed E-state index contributed by atoms with van der Waals surface area (Å²) in [5.74, 6) is -0.812. The van der Waals surface area contributed by atoms with Gasteiger partial charge in [0, 0.05) is 32.3 Å². The van der Waals surface area contributed by atoms with Crippen LogP contribution in [0.4, 0.5) is 0 Å². The summed E-state index contributed by atoms with van der Waals surface area (Å²) in [6, 6.07) is 13.7. The van der Waals surface area contributed by atoms with Gasteiger partial charge in [-0.3, -0.25) is 19.3 Å². The number of carbonyl (C=O) groups is 3. The number of benzene rings is 2. The van der Waals surface area contributed by atoms with Crippen molar-refractivity contribution in [3.63, 3.8) is 0 Å². The number of imide groups is 1. The van der Waals surface area contributed by atoms with Crippen LogP contribution in [-0.2, 0) is 11.3 Å². The van der Waals surface area contributed by atoms with Gasteiger partial charge >= 0.3 is 0 Å². The number of fused-ring (bicyclic) bond motifs is 1. The number of nitrogens with one attached hydrogen (secondary N) is 2. The molecule has 0 aromatic heterocycles. The molecular formula is C21H23N3O4. The normalized spacial score (nSPS) is 13.0. The molecule has 0 spiro atoms. The minimum atomic E-state index is -0.308. The maximum atomic E-state index is 12.5. The molecule has 0 bridgehead atoms. The summed E-state index contributed by atoms with van der Waals surface area (Å²) in [6.07, 6.45) is 0. The maximum Gasteiger partial charge on any atom is 0.261 e. The lowest BCUT2D eigenvalue weighted by Crippen LogP contribution is -2.33. The average molecular weight is 381 g/mol. The van der Waals surface area contributed by atoms with Gasteiger partial charge in [-0.2, -0.15) is 0 Å². The lowest BCUT2D eigenvalue weighted by atomic mass is 10.1. The van der Waals surface area contributed by atoms with E-state index < -0.39 is 0 Å². The van der Waals surface area contributed by atoms with E-state index in [1.165, 1.54) is 4.90 Å². The van der Waals surface area contributed by atoms with Gasteiger partial charge in [-0.25, -0.2) is 0 Å². The summed E-state index contributed by atoms with van der Waals surface area (Å²) < 4.78 is 4.94. The smallest absolute Gasteiger partial charge is 0.261 e. The summed E-state index contributed by atoms with van der Waals surface area (Å²) in [7, 11) is 1.64. The zero-order chi connectivity index (χ0) is 19.9. The average Bonchev–Trinajstić information content (AvgIpc) is 2.96. The van der Waals surface area contributed by atoms with Gasteiger partial charge in [-0.1, -0.05) is 24.3 Å².